The summed E-state index contributed by atoms with van der Waals surface area (Å²) in [4.78, 5) is 38.4. The fourth-order valence-electron chi connectivity index (χ4n) is 10.4. The zero-order valence-electron chi connectivity index (χ0n) is 46.5. The Bertz CT molecular complexity index is 2060. The molecule has 0 N–H and O–H groups in total. The number of ether oxygens (including phenoxy) is 3. The summed E-state index contributed by atoms with van der Waals surface area (Å²) in [5.41, 5.74) is 1.47. The first kappa shape index (κ1) is 61.4. The van der Waals surface area contributed by atoms with Gasteiger partial charge in [0.15, 0.2) is 6.10 Å². The number of carbonyl (C=O) groups is 3. The first-order valence-electron chi connectivity index (χ1n) is 30.5. The Hall–Kier alpha value is -4.19. The highest BCUT2D eigenvalue weighted by Crippen LogP contribution is 2.36. The second kappa shape index (κ2) is 41.1. The van der Waals surface area contributed by atoms with Crippen LogP contribution in [0.3, 0.4) is 0 Å². The topological polar surface area (TPSA) is 78.9 Å². The van der Waals surface area contributed by atoms with Crippen molar-refractivity contribution in [3.05, 3.63) is 84.5 Å². The predicted molar refractivity (Wildman–Crippen MR) is 311 cm³/mol. The molecular weight excluding hydrogens is 901 g/mol. The minimum Gasteiger partial charge on any atom is -0.462 e. The van der Waals surface area contributed by atoms with Crippen LogP contribution < -0.4 is 0 Å². The first-order chi connectivity index (χ1) is 36.0. The van der Waals surface area contributed by atoms with Gasteiger partial charge < -0.3 is 14.2 Å². The summed E-state index contributed by atoms with van der Waals surface area (Å²) >= 11 is 0. The number of hydrogen-bond acceptors (Lipinski definition) is 6. The summed E-state index contributed by atoms with van der Waals surface area (Å²) in [5.74, 6) is -0.902. The number of aryl methyl sites for hydroxylation is 1. The predicted octanol–water partition coefficient (Wildman–Crippen LogP) is 20.1. The molecule has 4 aromatic carbocycles. The van der Waals surface area contributed by atoms with E-state index >= 15 is 0 Å². The van der Waals surface area contributed by atoms with Gasteiger partial charge in [0, 0.05) is 19.3 Å². The SMILES string of the molecule is CCCCCCCC/C=C\CCCCCCCC(=O)OCC(COC(=O)CCCCCCCCCCCc1ccc2ccc3cccc4ccc1c2c34)OC(=O)CCCCCCC/C=C\CCCCCCCC. The van der Waals surface area contributed by atoms with Crippen LogP contribution >= 0.6 is 0 Å². The van der Waals surface area contributed by atoms with E-state index in [1.54, 1.807) is 0 Å². The van der Waals surface area contributed by atoms with Crippen LogP contribution in [0.5, 0.6) is 0 Å². The molecule has 1 unspecified atom stereocenters. The lowest BCUT2D eigenvalue weighted by Gasteiger charge is -2.18. The van der Waals surface area contributed by atoms with E-state index in [-0.39, 0.29) is 31.1 Å². The zero-order chi connectivity index (χ0) is 51.7. The molecule has 6 heteroatoms. The highest BCUT2D eigenvalue weighted by atomic mass is 16.6. The summed E-state index contributed by atoms with van der Waals surface area (Å²) in [6.07, 6.45) is 52.1. The molecule has 0 aliphatic rings. The minimum absolute atomic E-state index is 0.0880. The molecular formula is C67H102O6. The van der Waals surface area contributed by atoms with Gasteiger partial charge in [-0.15, -0.1) is 0 Å². The monoisotopic (exact) mass is 1000 g/mol. The van der Waals surface area contributed by atoms with Gasteiger partial charge in [-0.3, -0.25) is 14.4 Å². The Labute approximate surface area is 445 Å². The average Bonchev–Trinajstić information content (AvgIpc) is 3.40. The molecule has 0 fully saturated rings. The van der Waals surface area contributed by atoms with Crippen molar-refractivity contribution in [2.75, 3.05) is 13.2 Å². The van der Waals surface area contributed by atoms with Crippen LogP contribution in [0.2, 0.25) is 0 Å². The van der Waals surface area contributed by atoms with Gasteiger partial charge >= 0.3 is 17.9 Å². The molecule has 4 aromatic rings. The van der Waals surface area contributed by atoms with Crippen LogP contribution in [0.4, 0.5) is 0 Å². The Balaban J connectivity index is 1.04. The third-order valence-corrected chi connectivity index (χ3v) is 14.9. The normalized spacial score (nSPS) is 12.3. The van der Waals surface area contributed by atoms with Crippen molar-refractivity contribution < 1.29 is 28.6 Å². The van der Waals surface area contributed by atoms with Gasteiger partial charge in [0.2, 0.25) is 0 Å². The van der Waals surface area contributed by atoms with Gasteiger partial charge in [-0.05, 0) is 121 Å². The van der Waals surface area contributed by atoms with E-state index in [1.165, 1.54) is 186 Å². The highest BCUT2D eigenvalue weighted by Gasteiger charge is 2.20. The number of rotatable bonds is 47. The van der Waals surface area contributed by atoms with E-state index in [0.29, 0.717) is 19.3 Å². The molecule has 0 spiro atoms. The smallest absolute Gasteiger partial charge is 0.306 e. The molecule has 0 saturated carbocycles. The fraction of sp³-hybridized carbons (Fsp3) is 0.657. The minimum atomic E-state index is -0.793. The van der Waals surface area contributed by atoms with E-state index in [9.17, 15) is 14.4 Å². The van der Waals surface area contributed by atoms with E-state index in [0.717, 1.165) is 83.5 Å². The Morgan fingerprint density at radius 3 is 1.19 bits per heavy atom. The van der Waals surface area contributed by atoms with Gasteiger partial charge in [0.1, 0.15) is 13.2 Å². The van der Waals surface area contributed by atoms with Crippen molar-refractivity contribution >= 4 is 50.2 Å². The summed E-state index contributed by atoms with van der Waals surface area (Å²) in [5, 5.41) is 8.21. The summed E-state index contributed by atoms with van der Waals surface area (Å²) in [6, 6.07) is 20.4. The number of esters is 3. The quantitative estimate of drug-likeness (QED) is 0.0144. The average molecular weight is 1000 g/mol. The van der Waals surface area contributed by atoms with Gasteiger partial charge in [-0.2, -0.15) is 0 Å². The third-order valence-electron chi connectivity index (χ3n) is 14.9. The van der Waals surface area contributed by atoms with Crippen molar-refractivity contribution in [2.45, 2.75) is 270 Å². The number of hydrogen-bond donors (Lipinski definition) is 0. The second-order valence-corrected chi connectivity index (χ2v) is 21.4. The molecule has 0 aliphatic heterocycles. The molecule has 0 aliphatic carbocycles. The largest absolute Gasteiger partial charge is 0.462 e. The maximum atomic E-state index is 12.9. The van der Waals surface area contributed by atoms with E-state index in [2.05, 4.69) is 92.7 Å². The fourth-order valence-corrected chi connectivity index (χ4v) is 10.4. The number of benzene rings is 4. The van der Waals surface area contributed by atoms with E-state index < -0.39 is 6.10 Å². The maximum absolute atomic E-state index is 12.9. The lowest BCUT2D eigenvalue weighted by Crippen LogP contribution is -2.30. The Morgan fingerprint density at radius 1 is 0.384 bits per heavy atom. The van der Waals surface area contributed by atoms with Crippen LogP contribution in [0, 0.1) is 0 Å². The van der Waals surface area contributed by atoms with Crippen molar-refractivity contribution in [1.29, 1.82) is 0 Å². The molecule has 406 valence electrons. The first-order valence-corrected chi connectivity index (χ1v) is 30.5. The maximum Gasteiger partial charge on any atom is 0.306 e. The number of allylic oxidation sites excluding steroid dienone is 4. The number of carbonyl (C=O) groups excluding carboxylic acids is 3. The van der Waals surface area contributed by atoms with Crippen molar-refractivity contribution in [1.82, 2.24) is 0 Å². The molecule has 0 heterocycles. The Kier molecular flexibility index (Phi) is 34.5. The van der Waals surface area contributed by atoms with E-state index in [4.69, 9.17) is 14.2 Å². The second-order valence-electron chi connectivity index (χ2n) is 21.4. The molecule has 0 saturated heterocycles. The lowest BCUT2D eigenvalue weighted by atomic mass is 9.90. The molecule has 73 heavy (non-hydrogen) atoms. The number of unbranched alkanes of at least 4 members (excludes halogenated alkanes) is 30. The van der Waals surface area contributed by atoms with Crippen molar-refractivity contribution in [2.24, 2.45) is 0 Å². The molecule has 4 rings (SSSR count). The van der Waals surface area contributed by atoms with Crippen LogP contribution in [-0.4, -0.2) is 37.2 Å². The highest BCUT2D eigenvalue weighted by molar-refractivity contribution is 6.23. The molecule has 0 aromatic heterocycles. The van der Waals surface area contributed by atoms with Crippen LogP contribution in [-0.2, 0) is 35.0 Å². The van der Waals surface area contributed by atoms with Gasteiger partial charge in [0.05, 0.1) is 0 Å². The molecule has 0 bridgehead atoms. The molecule has 6 nitrogen and oxygen atoms in total. The van der Waals surface area contributed by atoms with Crippen LogP contribution in [0.25, 0.3) is 32.3 Å². The lowest BCUT2D eigenvalue weighted by molar-refractivity contribution is -0.167. The van der Waals surface area contributed by atoms with Crippen molar-refractivity contribution in [3.63, 3.8) is 0 Å². The summed E-state index contributed by atoms with van der Waals surface area (Å²) in [6.45, 7) is 4.35. The van der Waals surface area contributed by atoms with Crippen molar-refractivity contribution in [3.8, 4) is 0 Å². The van der Waals surface area contributed by atoms with Crippen LogP contribution in [0.1, 0.15) is 263 Å². The zero-order valence-corrected chi connectivity index (χ0v) is 46.5. The standard InChI is InChI=1S/C67H102O6/c1-3-5-7-9-11-13-15-17-19-21-23-27-31-35-39-46-63(68)71-55-61(73-65(70)48-41-37-33-28-24-22-20-18-16-14-12-10-8-6-4-2)56-72-64(69)47-40-36-32-29-25-26-30-34-38-43-57-49-50-60-52-51-58-44-42-45-59-53-54-62(57)67(60)66(58)59/h17-20,42,44-45,49-54,61H,3-16,21-41,43,46-48,55-56H2,1-2H3/b19-17-,20-18-. The molecule has 0 amide bonds. The summed E-state index contributed by atoms with van der Waals surface area (Å²) in [7, 11) is 0. The van der Waals surface area contributed by atoms with Crippen LogP contribution in [0.15, 0.2) is 78.9 Å². The third kappa shape index (κ3) is 27.8. The Morgan fingerprint density at radius 2 is 0.740 bits per heavy atom. The molecule has 0 radical (unpaired) electrons. The van der Waals surface area contributed by atoms with Gasteiger partial charge in [0.25, 0.3) is 0 Å². The van der Waals surface area contributed by atoms with E-state index in [1.807, 2.05) is 0 Å². The summed E-state index contributed by atoms with van der Waals surface area (Å²) < 4.78 is 17.0. The van der Waals surface area contributed by atoms with Gasteiger partial charge in [-0.1, -0.05) is 240 Å². The molecule has 1 atom stereocenters. The van der Waals surface area contributed by atoms with Gasteiger partial charge in [-0.25, -0.2) is 0 Å².